The van der Waals surface area contributed by atoms with Crippen LogP contribution >= 0.6 is 15.9 Å². The van der Waals surface area contributed by atoms with Gasteiger partial charge in [0, 0.05) is 17.2 Å². The van der Waals surface area contributed by atoms with Crippen LogP contribution in [0.25, 0.3) is 0 Å². The lowest BCUT2D eigenvalue weighted by Crippen LogP contribution is -2.34. The Labute approximate surface area is 108 Å². The number of hydrogen-bond donors (Lipinski definition) is 2. The average molecular weight is 303 g/mol. The number of ether oxygens (including phenoxy) is 2. The summed E-state index contributed by atoms with van der Waals surface area (Å²) >= 11 is 3.28. The average Bonchev–Trinajstić information content (AvgIpc) is 2.81. The number of aromatic nitrogens is 1. The zero-order valence-electron chi connectivity index (χ0n) is 9.75. The van der Waals surface area contributed by atoms with Crippen molar-refractivity contribution in [3.05, 3.63) is 22.4 Å². The molecule has 0 radical (unpaired) electrons. The Balaban J connectivity index is 1.81. The summed E-state index contributed by atoms with van der Waals surface area (Å²) in [6.45, 7) is 4.66. The Kier molecular flexibility index (Phi) is 3.56. The zero-order chi connectivity index (χ0) is 12.5. The van der Waals surface area contributed by atoms with Crippen LogP contribution in [-0.4, -0.2) is 35.9 Å². The zero-order valence-corrected chi connectivity index (χ0v) is 11.3. The first kappa shape index (κ1) is 12.6. The van der Waals surface area contributed by atoms with Gasteiger partial charge in [0.2, 0.25) is 0 Å². The Morgan fingerprint density at radius 3 is 3.00 bits per heavy atom. The lowest BCUT2D eigenvalue weighted by Gasteiger charge is -2.17. The third kappa shape index (κ3) is 3.31. The number of carbonyl (C=O) groups is 1. The van der Waals surface area contributed by atoms with E-state index in [1.165, 1.54) is 0 Å². The monoisotopic (exact) mass is 302 g/mol. The Morgan fingerprint density at radius 1 is 1.71 bits per heavy atom. The van der Waals surface area contributed by atoms with Crippen LogP contribution < -0.4 is 5.32 Å². The van der Waals surface area contributed by atoms with Crippen molar-refractivity contribution >= 4 is 21.8 Å². The van der Waals surface area contributed by atoms with Gasteiger partial charge in [0.15, 0.2) is 5.79 Å². The van der Waals surface area contributed by atoms with Gasteiger partial charge < -0.3 is 19.8 Å². The number of halogens is 1. The van der Waals surface area contributed by atoms with E-state index in [-0.39, 0.29) is 12.0 Å². The van der Waals surface area contributed by atoms with E-state index in [1.807, 2.05) is 13.8 Å². The molecule has 2 rings (SSSR count). The van der Waals surface area contributed by atoms with E-state index < -0.39 is 5.79 Å². The summed E-state index contributed by atoms with van der Waals surface area (Å²) in [6, 6.07) is 1.73. The molecule has 0 bridgehead atoms. The van der Waals surface area contributed by atoms with E-state index in [9.17, 15) is 4.79 Å². The molecule has 1 aromatic rings. The first-order chi connectivity index (χ1) is 7.96. The molecule has 0 aromatic carbocycles. The molecule has 1 saturated heterocycles. The second kappa shape index (κ2) is 4.80. The van der Waals surface area contributed by atoms with Crippen LogP contribution in [0.3, 0.4) is 0 Å². The Bertz CT molecular complexity index is 417. The quantitative estimate of drug-likeness (QED) is 0.892. The number of nitrogens with one attached hydrogen (secondary N) is 2. The van der Waals surface area contributed by atoms with E-state index in [0.717, 1.165) is 4.47 Å². The second-order valence-corrected chi connectivity index (χ2v) is 5.31. The molecule has 1 aromatic heterocycles. The summed E-state index contributed by atoms with van der Waals surface area (Å²) in [6.07, 6.45) is 1.63. The predicted molar refractivity (Wildman–Crippen MR) is 65.7 cm³/mol. The molecule has 1 aliphatic heterocycles. The van der Waals surface area contributed by atoms with Crippen LogP contribution in [0.2, 0.25) is 0 Å². The molecule has 1 amide bonds. The van der Waals surface area contributed by atoms with Crippen molar-refractivity contribution in [1.82, 2.24) is 10.3 Å². The highest BCUT2D eigenvalue weighted by Crippen LogP contribution is 2.21. The molecular weight excluding hydrogens is 288 g/mol. The lowest BCUT2D eigenvalue weighted by molar-refractivity contribution is -0.137. The number of rotatable bonds is 3. The molecule has 17 heavy (non-hydrogen) atoms. The highest BCUT2D eigenvalue weighted by atomic mass is 79.9. The summed E-state index contributed by atoms with van der Waals surface area (Å²) in [4.78, 5) is 14.6. The molecule has 1 aliphatic rings. The van der Waals surface area contributed by atoms with E-state index in [1.54, 1.807) is 12.3 Å². The standard InChI is InChI=1S/C11H15BrN2O3/c1-11(2)16-6-8(17-11)5-14-10(15)9-3-7(12)4-13-9/h3-4,8,13H,5-6H2,1-2H3,(H,14,15). The normalized spacial score (nSPS) is 22.6. The maximum Gasteiger partial charge on any atom is 0.267 e. The highest BCUT2D eigenvalue weighted by Gasteiger charge is 2.32. The van der Waals surface area contributed by atoms with E-state index in [2.05, 4.69) is 26.2 Å². The predicted octanol–water partition coefficient (Wildman–Crippen LogP) is 1.66. The van der Waals surface area contributed by atoms with Crippen LogP contribution in [0.1, 0.15) is 24.3 Å². The third-order valence-electron chi connectivity index (χ3n) is 2.45. The number of carbonyl (C=O) groups excluding carboxylic acids is 1. The molecule has 0 saturated carbocycles. The number of hydrogen-bond acceptors (Lipinski definition) is 3. The molecule has 94 valence electrons. The van der Waals surface area contributed by atoms with Gasteiger partial charge in [0.25, 0.3) is 5.91 Å². The maximum absolute atomic E-state index is 11.7. The van der Waals surface area contributed by atoms with Gasteiger partial charge in [0.1, 0.15) is 11.8 Å². The molecular formula is C11H15BrN2O3. The largest absolute Gasteiger partial charge is 0.356 e. The lowest BCUT2D eigenvalue weighted by atomic mass is 10.3. The summed E-state index contributed by atoms with van der Waals surface area (Å²) in [5, 5.41) is 2.80. The van der Waals surface area contributed by atoms with Crippen LogP contribution in [0.5, 0.6) is 0 Å². The van der Waals surface area contributed by atoms with Gasteiger partial charge in [-0.2, -0.15) is 0 Å². The summed E-state index contributed by atoms with van der Waals surface area (Å²) in [5.74, 6) is -0.700. The van der Waals surface area contributed by atoms with Gasteiger partial charge >= 0.3 is 0 Å². The smallest absolute Gasteiger partial charge is 0.267 e. The molecule has 5 nitrogen and oxygen atoms in total. The van der Waals surface area contributed by atoms with Crippen molar-refractivity contribution < 1.29 is 14.3 Å². The van der Waals surface area contributed by atoms with Gasteiger partial charge in [-0.3, -0.25) is 4.79 Å². The molecule has 2 N–H and O–H groups in total. The van der Waals surface area contributed by atoms with Gasteiger partial charge in [-0.25, -0.2) is 0 Å². The van der Waals surface area contributed by atoms with E-state index in [4.69, 9.17) is 9.47 Å². The molecule has 1 unspecified atom stereocenters. The second-order valence-electron chi connectivity index (χ2n) is 4.39. The van der Waals surface area contributed by atoms with Crippen molar-refractivity contribution in [2.75, 3.05) is 13.2 Å². The topological polar surface area (TPSA) is 63.3 Å². The fourth-order valence-corrected chi connectivity index (χ4v) is 2.01. The van der Waals surface area contributed by atoms with Crippen molar-refractivity contribution in [2.24, 2.45) is 0 Å². The van der Waals surface area contributed by atoms with Crippen molar-refractivity contribution in [2.45, 2.75) is 25.7 Å². The highest BCUT2D eigenvalue weighted by molar-refractivity contribution is 9.10. The minimum absolute atomic E-state index is 0.0904. The number of aromatic amines is 1. The van der Waals surface area contributed by atoms with Crippen LogP contribution in [-0.2, 0) is 9.47 Å². The van der Waals surface area contributed by atoms with Gasteiger partial charge in [-0.1, -0.05) is 0 Å². The van der Waals surface area contributed by atoms with Crippen LogP contribution in [0, 0.1) is 0 Å². The van der Waals surface area contributed by atoms with Crippen LogP contribution in [0.4, 0.5) is 0 Å². The molecule has 1 atom stereocenters. The number of amides is 1. The Hall–Kier alpha value is -0.850. The fraction of sp³-hybridized carbons (Fsp3) is 0.545. The molecule has 6 heteroatoms. The minimum Gasteiger partial charge on any atom is -0.356 e. The molecule has 0 aliphatic carbocycles. The van der Waals surface area contributed by atoms with Crippen molar-refractivity contribution in [3.8, 4) is 0 Å². The Morgan fingerprint density at radius 2 is 2.47 bits per heavy atom. The molecule has 1 fully saturated rings. The fourth-order valence-electron chi connectivity index (χ4n) is 1.66. The summed E-state index contributed by atoms with van der Waals surface area (Å²) in [7, 11) is 0. The molecule has 0 spiro atoms. The third-order valence-corrected chi connectivity index (χ3v) is 2.91. The number of H-pyrrole nitrogens is 1. The maximum atomic E-state index is 11.7. The van der Waals surface area contributed by atoms with E-state index in [0.29, 0.717) is 18.8 Å². The van der Waals surface area contributed by atoms with Gasteiger partial charge in [0.05, 0.1) is 6.61 Å². The molecule has 2 heterocycles. The first-order valence-electron chi connectivity index (χ1n) is 5.40. The SMILES string of the molecule is CC1(C)OCC(CNC(=O)c2cc(Br)c[nH]2)O1. The summed E-state index contributed by atoms with van der Waals surface area (Å²) < 4.78 is 11.8. The van der Waals surface area contributed by atoms with Gasteiger partial charge in [-0.15, -0.1) is 0 Å². The minimum atomic E-state index is -0.551. The van der Waals surface area contributed by atoms with Gasteiger partial charge in [-0.05, 0) is 35.8 Å². The first-order valence-corrected chi connectivity index (χ1v) is 6.19. The van der Waals surface area contributed by atoms with Crippen molar-refractivity contribution in [1.29, 1.82) is 0 Å². The van der Waals surface area contributed by atoms with E-state index >= 15 is 0 Å². The van der Waals surface area contributed by atoms with Crippen LogP contribution in [0.15, 0.2) is 16.7 Å². The summed E-state index contributed by atoms with van der Waals surface area (Å²) in [5.41, 5.74) is 0.523. The van der Waals surface area contributed by atoms with Crippen molar-refractivity contribution in [3.63, 3.8) is 0 Å².